The minimum Gasteiger partial charge on any atom is -0.469 e. The zero-order valence-electron chi connectivity index (χ0n) is 29.7. The first kappa shape index (κ1) is 38.8. The van der Waals surface area contributed by atoms with Gasteiger partial charge < -0.3 is 31.5 Å². The minimum absolute atomic E-state index is 0.113. The van der Waals surface area contributed by atoms with Crippen molar-refractivity contribution < 1.29 is 36.3 Å². The number of esters is 1. The average Bonchev–Trinajstić information content (AvgIpc) is 3.23. The first-order chi connectivity index (χ1) is 26.1. The number of hydrogen-bond acceptors (Lipinski definition) is 8. The Balaban J connectivity index is 1.36. The number of carbonyl (C=O) groups excluding carboxylic acids is 1. The number of methoxy groups -OCH3 is 1. The lowest BCUT2D eigenvalue weighted by atomic mass is 9.80. The molecule has 5 aromatic carbocycles. The number of carbonyl (C=O) groups is 1. The number of rotatable bonds is 18. The van der Waals surface area contributed by atoms with Gasteiger partial charge in [0.25, 0.3) is 0 Å². The van der Waals surface area contributed by atoms with Gasteiger partial charge in [0.15, 0.2) is 6.29 Å². The molecule has 5 aromatic rings. The number of ether oxygens (including phenoxy) is 6. The number of halogens is 1. The van der Waals surface area contributed by atoms with Gasteiger partial charge in [-0.25, -0.2) is 0 Å². The van der Waals surface area contributed by atoms with Gasteiger partial charge in [0.05, 0.1) is 33.5 Å². The second-order valence-corrected chi connectivity index (χ2v) is 13.3. The Kier molecular flexibility index (Phi) is 14.6. The first-order valence-electron chi connectivity index (χ1n) is 17.8. The van der Waals surface area contributed by atoms with E-state index in [0.717, 1.165) is 27.8 Å². The molecule has 0 saturated carbocycles. The van der Waals surface area contributed by atoms with Crippen molar-refractivity contribution in [1.29, 1.82) is 0 Å². The standard InChI is InChI=1S/C44H45IO8/c1-47-39(46)28-17-29-48-43-42(50-31-34-20-9-3-10-21-34)41(53-45)40(49-30-33-18-7-2-8-19-33)38(52-43)32-51-44(35-22-11-4-12-23-35,36-24-13-5-14-25-36)37-26-15-6-16-27-37/h2-16,18-27,38,40-43H,17,28-32H2,1H3. The van der Waals surface area contributed by atoms with Gasteiger partial charge in [-0.1, -0.05) is 152 Å². The maximum Gasteiger partial charge on any atom is 0.305 e. The van der Waals surface area contributed by atoms with Crippen molar-refractivity contribution in [3.63, 3.8) is 0 Å². The summed E-state index contributed by atoms with van der Waals surface area (Å²) >= 11 is 1.92. The van der Waals surface area contributed by atoms with Crippen LogP contribution in [0.4, 0.5) is 0 Å². The monoisotopic (exact) mass is 828 g/mol. The molecule has 0 spiro atoms. The van der Waals surface area contributed by atoms with E-state index in [9.17, 15) is 4.79 Å². The van der Waals surface area contributed by atoms with Gasteiger partial charge in [-0.2, -0.15) is 0 Å². The molecule has 1 saturated heterocycles. The first-order valence-corrected chi connectivity index (χ1v) is 18.7. The van der Waals surface area contributed by atoms with Crippen molar-refractivity contribution in [1.82, 2.24) is 0 Å². The minimum atomic E-state index is -0.991. The molecular weight excluding hydrogens is 783 g/mol. The zero-order valence-corrected chi connectivity index (χ0v) is 31.9. The van der Waals surface area contributed by atoms with Crippen LogP contribution in [0.5, 0.6) is 0 Å². The lowest BCUT2D eigenvalue weighted by molar-refractivity contribution is -0.315. The number of hydrogen-bond donors (Lipinski definition) is 0. The fourth-order valence-corrected chi connectivity index (χ4v) is 7.23. The molecule has 0 aliphatic carbocycles. The van der Waals surface area contributed by atoms with Gasteiger partial charge in [0.2, 0.25) is 0 Å². The van der Waals surface area contributed by atoms with Crippen LogP contribution >= 0.6 is 23.0 Å². The van der Waals surface area contributed by atoms with Crippen molar-refractivity contribution in [2.24, 2.45) is 0 Å². The molecule has 0 bridgehead atoms. The third-order valence-electron chi connectivity index (χ3n) is 9.30. The summed E-state index contributed by atoms with van der Waals surface area (Å²) in [5, 5.41) is 0. The van der Waals surface area contributed by atoms with E-state index in [0.29, 0.717) is 19.6 Å². The SMILES string of the molecule is COC(=O)CCCOC1OC(COC(c2ccccc2)(c2ccccc2)c2ccccc2)C(OCc2ccccc2)C(OI)C1OCc1ccccc1. The van der Waals surface area contributed by atoms with E-state index in [1.807, 2.05) is 138 Å². The largest absolute Gasteiger partial charge is 0.469 e. The summed E-state index contributed by atoms with van der Waals surface area (Å²) in [4.78, 5) is 11.9. The Bertz CT molecular complexity index is 1680. The van der Waals surface area contributed by atoms with Crippen LogP contribution in [-0.2, 0) is 55.1 Å². The van der Waals surface area contributed by atoms with E-state index in [1.165, 1.54) is 7.11 Å². The molecule has 8 nitrogen and oxygen atoms in total. The Morgan fingerprint density at radius 2 is 1.08 bits per heavy atom. The molecule has 276 valence electrons. The van der Waals surface area contributed by atoms with Gasteiger partial charge >= 0.3 is 5.97 Å². The van der Waals surface area contributed by atoms with Crippen LogP contribution in [0.3, 0.4) is 0 Å². The predicted molar refractivity (Wildman–Crippen MR) is 210 cm³/mol. The Labute approximate surface area is 326 Å². The van der Waals surface area contributed by atoms with Gasteiger partial charge in [0.1, 0.15) is 53.0 Å². The molecule has 0 amide bonds. The molecular formula is C44H45IO8. The highest BCUT2D eigenvalue weighted by Crippen LogP contribution is 2.42. The predicted octanol–water partition coefficient (Wildman–Crippen LogP) is 8.60. The molecule has 6 rings (SSSR count). The van der Waals surface area contributed by atoms with Crippen molar-refractivity contribution in [3.05, 3.63) is 179 Å². The molecule has 0 N–H and O–H groups in total. The third-order valence-corrected chi connectivity index (χ3v) is 9.89. The van der Waals surface area contributed by atoms with Crippen LogP contribution in [0.25, 0.3) is 0 Å². The second-order valence-electron chi connectivity index (χ2n) is 12.8. The normalized spacial score (nSPS) is 20.2. The zero-order chi connectivity index (χ0) is 36.7. The maximum atomic E-state index is 11.9. The van der Waals surface area contributed by atoms with Crippen molar-refractivity contribution in [2.75, 3.05) is 20.3 Å². The van der Waals surface area contributed by atoms with Crippen molar-refractivity contribution >= 4 is 29.0 Å². The van der Waals surface area contributed by atoms with Gasteiger partial charge in [-0.15, -0.1) is 0 Å². The lowest BCUT2D eigenvalue weighted by Crippen LogP contribution is -2.61. The van der Waals surface area contributed by atoms with Crippen LogP contribution in [-0.4, -0.2) is 57.0 Å². The molecule has 5 atom stereocenters. The molecule has 1 fully saturated rings. The lowest BCUT2D eigenvalue weighted by Gasteiger charge is -2.46. The van der Waals surface area contributed by atoms with Gasteiger partial charge in [-0.05, 0) is 34.2 Å². The van der Waals surface area contributed by atoms with Crippen LogP contribution in [0.15, 0.2) is 152 Å². The molecule has 0 aromatic heterocycles. The van der Waals surface area contributed by atoms with Crippen LogP contribution in [0.1, 0.15) is 40.7 Å². The quantitative estimate of drug-likeness (QED) is 0.0376. The highest BCUT2D eigenvalue weighted by molar-refractivity contribution is 14.1. The van der Waals surface area contributed by atoms with Crippen molar-refractivity contribution in [3.8, 4) is 0 Å². The van der Waals surface area contributed by atoms with E-state index >= 15 is 0 Å². The Morgan fingerprint density at radius 3 is 1.53 bits per heavy atom. The highest BCUT2D eigenvalue weighted by atomic mass is 127. The fraction of sp³-hybridized carbons (Fsp3) is 0.295. The highest BCUT2D eigenvalue weighted by Gasteiger charge is 2.50. The fourth-order valence-electron chi connectivity index (χ4n) is 6.65. The van der Waals surface area contributed by atoms with E-state index < -0.39 is 36.3 Å². The smallest absolute Gasteiger partial charge is 0.305 e. The Morgan fingerprint density at radius 1 is 0.623 bits per heavy atom. The topological polar surface area (TPSA) is 81.7 Å². The molecule has 0 radical (unpaired) electrons. The molecule has 1 aliphatic heterocycles. The molecule has 5 unspecified atom stereocenters. The summed E-state index contributed by atoms with van der Waals surface area (Å²) in [6.07, 6.45) is -2.77. The van der Waals surface area contributed by atoms with E-state index in [-0.39, 0.29) is 25.6 Å². The Hall–Kier alpha value is -3.94. The summed E-state index contributed by atoms with van der Waals surface area (Å²) < 4.78 is 44.9. The van der Waals surface area contributed by atoms with Crippen molar-refractivity contribution in [2.45, 2.75) is 62.4 Å². The summed E-state index contributed by atoms with van der Waals surface area (Å²) in [5.74, 6) is -0.303. The van der Waals surface area contributed by atoms with Crippen LogP contribution in [0.2, 0.25) is 0 Å². The number of benzene rings is 5. The maximum absolute atomic E-state index is 11.9. The van der Waals surface area contributed by atoms with Gasteiger partial charge in [0, 0.05) is 6.42 Å². The molecule has 53 heavy (non-hydrogen) atoms. The van der Waals surface area contributed by atoms with Crippen LogP contribution < -0.4 is 0 Å². The molecule has 1 heterocycles. The second kappa shape index (κ2) is 19.9. The van der Waals surface area contributed by atoms with Gasteiger partial charge in [-0.3, -0.25) is 4.79 Å². The summed E-state index contributed by atoms with van der Waals surface area (Å²) in [5.41, 5.74) is 3.92. The molecule has 9 heteroatoms. The van der Waals surface area contributed by atoms with E-state index in [1.54, 1.807) is 0 Å². The summed E-state index contributed by atoms with van der Waals surface area (Å²) in [6.45, 7) is 0.976. The summed E-state index contributed by atoms with van der Waals surface area (Å²) in [7, 11) is 1.38. The average molecular weight is 829 g/mol. The third kappa shape index (κ3) is 9.98. The van der Waals surface area contributed by atoms with E-state index in [2.05, 4.69) is 36.4 Å². The van der Waals surface area contributed by atoms with Crippen LogP contribution in [0, 0.1) is 0 Å². The van der Waals surface area contributed by atoms with E-state index in [4.69, 9.17) is 31.5 Å². The molecule has 1 aliphatic rings. The summed E-state index contributed by atoms with van der Waals surface area (Å²) in [6, 6.07) is 50.6.